The van der Waals surface area contributed by atoms with E-state index in [1.165, 1.54) is 12.0 Å². The van der Waals surface area contributed by atoms with Crippen molar-refractivity contribution >= 4 is 17.4 Å². The number of nitrogens with one attached hydrogen (secondary N) is 1. The third-order valence-electron chi connectivity index (χ3n) is 5.32. The first-order valence-corrected chi connectivity index (χ1v) is 9.48. The lowest BCUT2D eigenvalue weighted by Gasteiger charge is -2.21. The van der Waals surface area contributed by atoms with Crippen LogP contribution in [0, 0.1) is 19.8 Å². The average molecular weight is 347 g/mol. The number of carbonyl (C=O) groups excluding carboxylic acids is 1. The van der Waals surface area contributed by atoms with Crippen molar-refractivity contribution in [2.24, 2.45) is 5.92 Å². The van der Waals surface area contributed by atoms with Gasteiger partial charge in [0, 0.05) is 17.7 Å². The first-order chi connectivity index (χ1) is 12.6. The highest BCUT2D eigenvalue weighted by Gasteiger charge is 2.24. The second-order valence-electron chi connectivity index (χ2n) is 7.43. The molecule has 0 spiro atoms. The molecule has 1 saturated carbocycles. The fourth-order valence-corrected chi connectivity index (χ4v) is 3.76. The average Bonchev–Trinajstić information content (AvgIpc) is 3.00. The first kappa shape index (κ1) is 16.8. The van der Waals surface area contributed by atoms with E-state index in [4.69, 9.17) is 4.98 Å². The number of imidazole rings is 1. The number of aromatic nitrogens is 2. The van der Waals surface area contributed by atoms with Gasteiger partial charge in [-0.3, -0.25) is 9.20 Å². The number of anilines is 1. The number of hydrogen-bond donors (Lipinski definition) is 1. The maximum Gasteiger partial charge on any atom is 0.228 e. The molecule has 26 heavy (non-hydrogen) atoms. The van der Waals surface area contributed by atoms with Gasteiger partial charge in [-0.05, 0) is 44.4 Å². The van der Waals surface area contributed by atoms with Gasteiger partial charge in [0.1, 0.15) is 17.2 Å². The molecule has 0 atom stereocenters. The fraction of sp³-hybridized carbons (Fsp3) is 0.364. The summed E-state index contributed by atoms with van der Waals surface area (Å²) >= 11 is 0. The molecule has 1 amide bonds. The molecular formula is C22H25N3O. The van der Waals surface area contributed by atoms with Gasteiger partial charge in [-0.2, -0.15) is 0 Å². The SMILES string of the molecule is Cc1ccc(-c2nc3cc(C)ccn3c2NC(=O)C2CCCCC2)cc1. The predicted octanol–water partition coefficient (Wildman–Crippen LogP) is 5.14. The Bertz CT molecular complexity index is 934. The molecule has 1 aliphatic rings. The number of amides is 1. The van der Waals surface area contributed by atoms with Crippen molar-refractivity contribution in [3.8, 4) is 11.3 Å². The molecule has 1 fully saturated rings. The van der Waals surface area contributed by atoms with Crippen molar-refractivity contribution in [3.05, 3.63) is 53.7 Å². The summed E-state index contributed by atoms with van der Waals surface area (Å²) in [5.41, 5.74) is 5.08. The van der Waals surface area contributed by atoms with Crippen molar-refractivity contribution in [2.45, 2.75) is 46.0 Å². The summed E-state index contributed by atoms with van der Waals surface area (Å²) in [7, 11) is 0. The lowest BCUT2D eigenvalue weighted by Crippen LogP contribution is -2.25. The number of carbonyl (C=O) groups is 1. The third kappa shape index (κ3) is 3.24. The molecule has 3 aromatic rings. The Hall–Kier alpha value is -2.62. The van der Waals surface area contributed by atoms with E-state index < -0.39 is 0 Å². The molecule has 0 radical (unpaired) electrons. The van der Waals surface area contributed by atoms with Crippen LogP contribution in [0.3, 0.4) is 0 Å². The molecule has 134 valence electrons. The number of hydrogen-bond acceptors (Lipinski definition) is 2. The van der Waals surface area contributed by atoms with E-state index in [-0.39, 0.29) is 11.8 Å². The third-order valence-corrected chi connectivity index (χ3v) is 5.32. The Balaban J connectivity index is 1.76. The molecule has 2 aromatic heterocycles. The number of rotatable bonds is 3. The van der Waals surface area contributed by atoms with E-state index >= 15 is 0 Å². The van der Waals surface area contributed by atoms with Crippen molar-refractivity contribution in [2.75, 3.05) is 5.32 Å². The summed E-state index contributed by atoms with van der Waals surface area (Å²) in [6.07, 6.45) is 7.51. The molecule has 1 N–H and O–H groups in total. The van der Waals surface area contributed by atoms with E-state index in [0.29, 0.717) is 0 Å². The van der Waals surface area contributed by atoms with Crippen LogP contribution in [0.15, 0.2) is 42.6 Å². The van der Waals surface area contributed by atoms with Gasteiger partial charge in [0.05, 0.1) is 0 Å². The smallest absolute Gasteiger partial charge is 0.228 e. The molecule has 2 heterocycles. The zero-order chi connectivity index (χ0) is 18.1. The minimum absolute atomic E-state index is 0.116. The van der Waals surface area contributed by atoms with E-state index in [1.807, 2.05) is 22.7 Å². The van der Waals surface area contributed by atoms with Gasteiger partial charge in [0.2, 0.25) is 5.91 Å². The normalized spacial score (nSPS) is 15.3. The molecule has 0 unspecified atom stereocenters. The molecule has 4 rings (SSSR count). The topological polar surface area (TPSA) is 46.4 Å². The number of nitrogens with zero attached hydrogens (tertiary/aromatic N) is 2. The fourth-order valence-electron chi connectivity index (χ4n) is 3.76. The molecule has 0 bridgehead atoms. The molecular weight excluding hydrogens is 322 g/mol. The standard InChI is InChI=1S/C22H25N3O/c1-15-8-10-17(11-9-15)20-21(24-22(26)18-6-4-3-5-7-18)25-13-12-16(2)14-19(25)23-20/h8-14,18H,3-7H2,1-2H3,(H,24,26). The minimum Gasteiger partial charge on any atom is -0.310 e. The van der Waals surface area contributed by atoms with Crippen LogP contribution in [0.2, 0.25) is 0 Å². The van der Waals surface area contributed by atoms with Crippen molar-refractivity contribution in [1.82, 2.24) is 9.38 Å². The van der Waals surface area contributed by atoms with Crippen molar-refractivity contribution in [1.29, 1.82) is 0 Å². The van der Waals surface area contributed by atoms with Crippen LogP contribution in [0.5, 0.6) is 0 Å². The highest BCUT2D eigenvalue weighted by atomic mass is 16.2. The van der Waals surface area contributed by atoms with Crippen LogP contribution < -0.4 is 5.32 Å². The first-order valence-electron chi connectivity index (χ1n) is 9.48. The summed E-state index contributed by atoms with van der Waals surface area (Å²) in [5.74, 6) is 1.02. The summed E-state index contributed by atoms with van der Waals surface area (Å²) in [6, 6.07) is 12.4. The number of aryl methyl sites for hydroxylation is 2. The van der Waals surface area contributed by atoms with Crippen LogP contribution in [0.25, 0.3) is 16.9 Å². The van der Waals surface area contributed by atoms with Gasteiger partial charge in [0.15, 0.2) is 0 Å². The number of pyridine rings is 1. The summed E-state index contributed by atoms with van der Waals surface area (Å²) in [5, 5.41) is 3.20. The summed E-state index contributed by atoms with van der Waals surface area (Å²) in [4.78, 5) is 17.7. The molecule has 0 aliphatic heterocycles. The number of fused-ring (bicyclic) bond motifs is 1. The van der Waals surface area contributed by atoms with Crippen LogP contribution in [-0.2, 0) is 4.79 Å². The second kappa shape index (κ2) is 6.94. The zero-order valence-corrected chi connectivity index (χ0v) is 15.5. The monoisotopic (exact) mass is 347 g/mol. The molecule has 1 aliphatic carbocycles. The van der Waals surface area contributed by atoms with Gasteiger partial charge in [-0.25, -0.2) is 4.98 Å². The lowest BCUT2D eigenvalue weighted by atomic mass is 9.88. The predicted molar refractivity (Wildman–Crippen MR) is 105 cm³/mol. The zero-order valence-electron chi connectivity index (χ0n) is 15.5. The largest absolute Gasteiger partial charge is 0.310 e. The van der Waals surface area contributed by atoms with Crippen molar-refractivity contribution in [3.63, 3.8) is 0 Å². The van der Waals surface area contributed by atoms with E-state index in [0.717, 1.165) is 54.0 Å². The van der Waals surface area contributed by atoms with Crippen LogP contribution >= 0.6 is 0 Å². The Labute approximate surface area is 154 Å². The van der Waals surface area contributed by atoms with Gasteiger partial charge < -0.3 is 5.32 Å². The summed E-state index contributed by atoms with van der Waals surface area (Å²) < 4.78 is 1.99. The number of benzene rings is 1. The Kier molecular flexibility index (Phi) is 4.49. The quantitative estimate of drug-likeness (QED) is 0.713. The summed E-state index contributed by atoms with van der Waals surface area (Å²) in [6.45, 7) is 4.13. The van der Waals surface area contributed by atoms with Crippen LogP contribution in [-0.4, -0.2) is 15.3 Å². The molecule has 0 saturated heterocycles. The van der Waals surface area contributed by atoms with E-state index in [9.17, 15) is 4.79 Å². The minimum atomic E-state index is 0.116. The van der Waals surface area contributed by atoms with Gasteiger partial charge in [0.25, 0.3) is 0 Å². The molecule has 1 aromatic carbocycles. The van der Waals surface area contributed by atoms with Crippen LogP contribution in [0.4, 0.5) is 5.82 Å². The maximum absolute atomic E-state index is 12.9. The van der Waals surface area contributed by atoms with Gasteiger partial charge in [-0.1, -0.05) is 49.1 Å². The lowest BCUT2D eigenvalue weighted by molar-refractivity contribution is -0.120. The van der Waals surface area contributed by atoms with Gasteiger partial charge >= 0.3 is 0 Å². The van der Waals surface area contributed by atoms with Gasteiger partial charge in [-0.15, -0.1) is 0 Å². The molecule has 4 nitrogen and oxygen atoms in total. The Morgan fingerprint density at radius 2 is 1.77 bits per heavy atom. The molecule has 4 heteroatoms. The highest BCUT2D eigenvalue weighted by Crippen LogP contribution is 2.31. The van der Waals surface area contributed by atoms with E-state index in [1.54, 1.807) is 0 Å². The Morgan fingerprint density at radius 3 is 2.50 bits per heavy atom. The van der Waals surface area contributed by atoms with E-state index in [2.05, 4.69) is 43.4 Å². The second-order valence-corrected chi connectivity index (χ2v) is 7.43. The highest BCUT2D eigenvalue weighted by molar-refractivity contribution is 5.96. The van der Waals surface area contributed by atoms with Crippen molar-refractivity contribution < 1.29 is 4.79 Å². The van der Waals surface area contributed by atoms with Crippen LogP contribution in [0.1, 0.15) is 43.2 Å². The maximum atomic E-state index is 12.9. The Morgan fingerprint density at radius 1 is 1.04 bits per heavy atom.